The van der Waals surface area contributed by atoms with Crippen molar-refractivity contribution in [2.75, 3.05) is 0 Å². The SMILES string of the molecule is c1ccc(-c2nc(-c3ccccc3)nc(-c3cc(-c4ccccc4-c4ccncc4)cc4c3sc3ccccc34)n2)cc1. The van der Waals surface area contributed by atoms with Crippen LogP contribution in [0.25, 0.3) is 76.6 Å². The zero-order valence-electron chi connectivity index (χ0n) is 23.1. The van der Waals surface area contributed by atoms with Gasteiger partial charge in [0.2, 0.25) is 0 Å². The number of nitrogens with zero attached hydrogens (tertiary/aromatic N) is 4. The molecule has 0 fully saturated rings. The third kappa shape index (κ3) is 4.66. The molecular formula is C38H24N4S. The average molecular weight is 569 g/mol. The fraction of sp³-hybridized carbons (Fsp3) is 0. The van der Waals surface area contributed by atoms with Crippen LogP contribution in [0.3, 0.4) is 0 Å². The number of thiophene rings is 1. The van der Waals surface area contributed by atoms with Crippen molar-refractivity contribution >= 4 is 31.5 Å². The maximum atomic E-state index is 5.11. The number of pyridine rings is 1. The Hall–Kier alpha value is -5.52. The van der Waals surface area contributed by atoms with E-state index in [-0.39, 0.29) is 0 Å². The molecule has 0 spiro atoms. The van der Waals surface area contributed by atoms with Crippen molar-refractivity contribution in [3.8, 4) is 56.4 Å². The molecule has 0 aliphatic heterocycles. The Balaban J connectivity index is 1.43. The zero-order valence-corrected chi connectivity index (χ0v) is 23.9. The monoisotopic (exact) mass is 568 g/mol. The molecule has 0 saturated heterocycles. The van der Waals surface area contributed by atoms with Gasteiger partial charge in [-0.1, -0.05) is 103 Å². The van der Waals surface area contributed by atoms with E-state index in [0.717, 1.165) is 43.6 Å². The minimum atomic E-state index is 0.654. The zero-order chi connectivity index (χ0) is 28.6. The van der Waals surface area contributed by atoms with Gasteiger partial charge in [-0.25, -0.2) is 15.0 Å². The molecule has 0 aliphatic carbocycles. The fourth-order valence-electron chi connectivity index (χ4n) is 5.60. The predicted molar refractivity (Wildman–Crippen MR) is 178 cm³/mol. The predicted octanol–water partition coefficient (Wildman–Crippen LogP) is 9.97. The molecule has 0 atom stereocenters. The molecule has 0 aliphatic rings. The van der Waals surface area contributed by atoms with Crippen LogP contribution in [0.1, 0.15) is 0 Å². The fourth-order valence-corrected chi connectivity index (χ4v) is 6.79. The lowest BCUT2D eigenvalue weighted by Crippen LogP contribution is -2.00. The minimum Gasteiger partial charge on any atom is -0.265 e. The Labute approximate surface area is 253 Å². The average Bonchev–Trinajstić information content (AvgIpc) is 3.47. The standard InChI is InChI=1S/C38H24N4S/c1-3-11-26(12-4-1)36-40-37(27-13-5-2-6-14-27)42-38(41-36)33-24-28(23-32-31-17-9-10-18-34(31)43-35(32)33)30-16-8-7-15-29(30)25-19-21-39-22-20-25/h1-24H. The lowest BCUT2D eigenvalue weighted by atomic mass is 9.92. The third-order valence-corrected chi connectivity index (χ3v) is 8.87. The maximum absolute atomic E-state index is 5.11. The van der Waals surface area contributed by atoms with Crippen LogP contribution in [0.5, 0.6) is 0 Å². The first-order valence-corrected chi connectivity index (χ1v) is 15.0. The quantitative estimate of drug-likeness (QED) is 0.207. The van der Waals surface area contributed by atoms with Crippen LogP contribution in [0.4, 0.5) is 0 Å². The van der Waals surface area contributed by atoms with Crippen molar-refractivity contribution in [2.45, 2.75) is 0 Å². The van der Waals surface area contributed by atoms with Gasteiger partial charge in [0.05, 0.1) is 0 Å². The Bertz CT molecular complexity index is 2170. The van der Waals surface area contributed by atoms with Crippen molar-refractivity contribution in [1.82, 2.24) is 19.9 Å². The summed E-state index contributed by atoms with van der Waals surface area (Å²) in [5.74, 6) is 1.97. The van der Waals surface area contributed by atoms with E-state index in [2.05, 4.69) is 77.8 Å². The Morgan fingerprint density at radius 3 is 1.63 bits per heavy atom. The summed E-state index contributed by atoms with van der Waals surface area (Å²) in [4.78, 5) is 19.4. The van der Waals surface area contributed by atoms with E-state index in [0.29, 0.717) is 17.5 Å². The summed E-state index contributed by atoms with van der Waals surface area (Å²) in [5, 5.41) is 2.42. The Morgan fingerprint density at radius 1 is 0.395 bits per heavy atom. The van der Waals surface area contributed by atoms with Crippen molar-refractivity contribution in [1.29, 1.82) is 0 Å². The van der Waals surface area contributed by atoms with Gasteiger partial charge in [0.15, 0.2) is 17.5 Å². The third-order valence-electron chi connectivity index (χ3n) is 7.65. The molecule has 5 heteroatoms. The number of hydrogen-bond donors (Lipinski definition) is 0. The van der Waals surface area contributed by atoms with E-state index >= 15 is 0 Å². The molecule has 0 bridgehead atoms. The highest BCUT2D eigenvalue weighted by molar-refractivity contribution is 7.26. The number of benzene rings is 5. The van der Waals surface area contributed by atoms with Crippen LogP contribution in [0.15, 0.2) is 146 Å². The molecule has 4 nitrogen and oxygen atoms in total. The van der Waals surface area contributed by atoms with E-state index < -0.39 is 0 Å². The van der Waals surface area contributed by atoms with Crippen molar-refractivity contribution in [3.63, 3.8) is 0 Å². The van der Waals surface area contributed by atoms with Crippen molar-refractivity contribution in [3.05, 3.63) is 146 Å². The second kappa shape index (κ2) is 10.7. The normalized spacial score (nSPS) is 11.3. The van der Waals surface area contributed by atoms with Gasteiger partial charge in [-0.3, -0.25) is 4.98 Å². The molecule has 202 valence electrons. The van der Waals surface area contributed by atoms with Gasteiger partial charge in [0.25, 0.3) is 0 Å². The van der Waals surface area contributed by atoms with Crippen LogP contribution < -0.4 is 0 Å². The lowest BCUT2D eigenvalue weighted by molar-refractivity contribution is 1.08. The van der Waals surface area contributed by atoms with Crippen LogP contribution in [0, 0.1) is 0 Å². The van der Waals surface area contributed by atoms with Gasteiger partial charge in [0, 0.05) is 49.3 Å². The Kier molecular flexibility index (Phi) is 6.28. The molecule has 0 N–H and O–H groups in total. The summed E-state index contributed by atoms with van der Waals surface area (Å²) in [5.41, 5.74) is 7.44. The summed E-state index contributed by atoms with van der Waals surface area (Å²) in [7, 11) is 0. The van der Waals surface area contributed by atoms with E-state index in [1.807, 2.05) is 73.1 Å². The molecule has 0 radical (unpaired) electrons. The summed E-state index contributed by atoms with van der Waals surface area (Å²) < 4.78 is 2.40. The second-order valence-corrected chi connectivity index (χ2v) is 11.4. The minimum absolute atomic E-state index is 0.654. The second-order valence-electron chi connectivity index (χ2n) is 10.3. The molecule has 3 aromatic heterocycles. The topological polar surface area (TPSA) is 51.6 Å². The smallest absolute Gasteiger partial charge is 0.165 e. The highest BCUT2D eigenvalue weighted by Crippen LogP contribution is 2.44. The summed E-state index contributed by atoms with van der Waals surface area (Å²) in [6, 6.07) is 46.1. The number of rotatable bonds is 5. The summed E-state index contributed by atoms with van der Waals surface area (Å²) >= 11 is 1.78. The summed E-state index contributed by atoms with van der Waals surface area (Å²) in [6.07, 6.45) is 3.68. The highest BCUT2D eigenvalue weighted by Gasteiger charge is 2.19. The van der Waals surface area contributed by atoms with E-state index in [1.54, 1.807) is 11.3 Å². The first-order chi connectivity index (χ1) is 21.3. The molecule has 8 rings (SSSR count). The number of hydrogen-bond acceptors (Lipinski definition) is 5. The van der Waals surface area contributed by atoms with E-state index in [4.69, 9.17) is 15.0 Å². The van der Waals surface area contributed by atoms with Crippen LogP contribution in [-0.4, -0.2) is 19.9 Å². The largest absolute Gasteiger partial charge is 0.265 e. The summed E-state index contributed by atoms with van der Waals surface area (Å²) in [6.45, 7) is 0. The van der Waals surface area contributed by atoms with Crippen LogP contribution >= 0.6 is 11.3 Å². The number of fused-ring (bicyclic) bond motifs is 3. The van der Waals surface area contributed by atoms with Gasteiger partial charge >= 0.3 is 0 Å². The first kappa shape index (κ1) is 25.2. The molecule has 43 heavy (non-hydrogen) atoms. The molecule has 8 aromatic rings. The van der Waals surface area contributed by atoms with E-state index in [1.165, 1.54) is 15.5 Å². The van der Waals surface area contributed by atoms with Gasteiger partial charge < -0.3 is 0 Å². The van der Waals surface area contributed by atoms with Crippen LogP contribution in [-0.2, 0) is 0 Å². The van der Waals surface area contributed by atoms with Crippen molar-refractivity contribution < 1.29 is 0 Å². The van der Waals surface area contributed by atoms with E-state index in [9.17, 15) is 0 Å². The maximum Gasteiger partial charge on any atom is 0.165 e. The van der Waals surface area contributed by atoms with Gasteiger partial charge in [-0.05, 0) is 52.6 Å². The molecular weight excluding hydrogens is 545 g/mol. The van der Waals surface area contributed by atoms with Crippen molar-refractivity contribution in [2.24, 2.45) is 0 Å². The molecule has 5 aromatic carbocycles. The molecule has 0 amide bonds. The van der Waals surface area contributed by atoms with Gasteiger partial charge in [-0.2, -0.15) is 0 Å². The first-order valence-electron chi connectivity index (χ1n) is 14.1. The van der Waals surface area contributed by atoms with Gasteiger partial charge in [-0.15, -0.1) is 11.3 Å². The van der Waals surface area contributed by atoms with Gasteiger partial charge in [0.1, 0.15) is 0 Å². The highest BCUT2D eigenvalue weighted by atomic mass is 32.1. The molecule has 3 heterocycles. The number of aromatic nitrogens is 4. The molecule has 0 unspecified atom stereocenters. The Morgan fingerprint density at radius 2 is 0.953 bits per heavy atom. The van der Waals surface area contributed by atoms with Crippen LogP contribution in [0.2, 0.25) is 0 Å². The lowest BCUT2D eigenvalue weighted by Gasteiger charge is -2.13. The molecule has 0 saturated carbocycles.